The van der Waals surface area contributed by atoms with Crippen LogP contribution in [0.15, 0.2) is 29.2 Å². The average Bonchev–Trinajstić information content (AvgIpc) is 2.94. The summed E-state index contributed by atoms with van der Waals surface area (Å²) < 4.78 is 39.9. The lowest BCUT2D eigenvalue weighted by Crippen LogP contribution is -2.14. The van der Waals surface area contributed by atoms with E-state index < -0.39 is 11.7 Å². The number of nitrogens with zero attached hydrogens (tertiary/aromatic N) is 2. The number of aromatic nitrogens is 2. The summed E-state index contributed by atoms with van der Waals surface area (Å²) in [5.74, 6) is 0.0228. The lowest BCUT2D eigenvalue weighted by atomic mass is 10.2. The van der Waals surface area contributed by atoms with Crippen molar-refractivity contribution in [2.45, 2.75) is 6.18 Å². The number of halogens is 4. The van der Waals surface area contributed by atoms with Crippen LogP contribution in [0.4, 0.5) is 13.2 Å². The quantitative estimate of drug-likeness (QED) is 0.527. The Kier molecular flexibility index (Phi) is 2.36. The molecule has 2 aliphatic carbocycles. The molecular weight excluding hydrogens is 325 g/mol. The molecule has 4 rings (SSSR count). The van der Waals surface area contributed by atoms with Crippen LogP contribution < -0.4 is 4.87 Å². The fourth-order valence-corrected chi connectivity index (χ4v) is 3.46. The third-order valence-electron chi connectivity index (χ3n) is 3.27. The van der Waals surface area contributed by atoms with Crippen LogP contribution in [0.2, 0.25) is 5.02 Å². The summed E-state index contributed by atoms with van der Waals surface area (Å²) >= 11 is 6.93. The highest BCUT2D eigenvalue weighted by molar-refractivity contribution is 7.16. The number of alkyl halides is 3. The van der Waals surface area contributed by atoms with Gasteiger partial charge in [0.2, 0.25) is 0 Å². The van der Waals surface area contributed by atoms with E-state index in [1.165, 1.54) is 4.57 Å². The highest BCUT2D eigenvalue weighted by Crippen LogP contribution is 2.45. The Labute approximate surface area is 124 Å². The second-order valence-electron chi connectivity index (χ2n) is 4.60. The minimum absolute atomic E-state index is 0.0228. The van der Waals surface area contributed by atoms with E-state index in [9.17, 15) is 18.0 Å². The molecule has 3 nitrogen and oxygen atoms in total. The van der Waals surface area contributed by atoms with Gasteiger partial charge in [-0.1, -0.05) is 22.9 Å². The zero-order valence-electron chi connectivity index (χ0n) is 10.0. The summed E-state index contributed by atoms with van der Waals surface area (Å²) in [6.45, 7) is 0. The van der Waals surface area contributed by atoms with E-state index in [1.807, 2.05) is 12.1 Å². The smallest absolute Gasteiger partial charge is 0.256 e. The van der Waals surface area contributed by atoms with Gasteiger partial charge in [-0.2, -0.15) is 13.2 Å². The Balaban J connectivity index is 1.96. The zero-order valence-corrected chi connectivity index (χ0v) is 11.6. The number of pyridine rings is 1. The SMILES string of the molecule is O=c1sc2cc3cc-3c2n1-c1ncc(C(F)(F)F)cc1Cl. The summed E-state index contributed by atoms with van der Waals surface area (Å²) in [7, 11) is 0. The van der Waals surface area contributed by atoms with E-state index in [2.05, 4.69) is 4.98 Å². The van der Waals surface area contributed by atoms with Crippen molar-refractivity contribution < 1.29 is 13.2 Å². The first-order chi connectivity index (χ1) is 9.86. The van der Waals surface area contributed by atoms with Crippen LogP contribution in [0.3, 0.4) is 0 Å². The van der Waals surface area contributed by atoms with Crippen molar-refractivity contribution in [3.05, 3.63) is 44.6 Å². The van der Waals surface area contributed by atoms with Gasteiger partial charge in [0.25, 0.3) is 0 Å². The van der Waals surface area contributed by atoms with Gasteiger partial charge in [-0.25, -0.2) is 9.55 Å². The van der Waals surface area contributed by atoms with Crippen molar-refractivity contribution in [1.82, 2.24) is 9.55 Å². The number of fused-ring (bicyclic) bond motifs is 3. The van der Waals surface area contributed by atoms with Gasteiger partial charge in [0.05, 0.1) is 20.8 Å². The van der Waals surface area contributed by atoms with Crippen LogP contribution in [0, 0.1) is 0 Å². The molecule has 2 aromatic rings. The van der Waals surface area contributed by atoms with Gasteiger partial charge in [0, 0.05) is 11.8 Å². The molecule has 0 N–H and O–H groups in total. The van der Waals surface area contributed by atoms with Gasteiger partial charge in [0.15, 0.2) is 5.82 Å². The molecule has 21 heavy (non-hydrogen) atoms. The van der Waals surface area contributed by atoms with Gasteiger partial charge in [0.1, 0.15) is 0 Å². The fraction of sp³-hybridized carbons (Fsp3) is 0.0769. The van der Waals surface area contributed by atoms with E-state index >= 15 is 0 Å². The van der Waals surface area contributed by atoms with Crippen molar-refractivity contribution in [2.75, 3.05) is 0 Å². The molecule has 0 amide bonds. The van der Waals surface area contributed by atoms with Crippen molar-refractivity contribution >= 4 is 33.2 Å². The van der Waals surface area contributed by atoms with Crippen LogP contribution in [0.5, 0.6) is 0 Å². The first kappa shape index (κ1) is 12.8. The third kappa shape index (κ3) is 1.81. The highest BCUT2D eigenvalue weighted by atomic mass is 35.5. The second-order valence-corrected chi connectivity index (χ2v) is 6.00. The standard InChI is InChI=1S/C13H4ClF3N2OS/c14-8-3-6(13(15,16)17)4-18-11(8)19-10-7-1-5(7)2-9(10)21-12(19)20/h1-4H. The van der Waals surface area contributed by atoms with Crippen LogP contribution in [0.1, 0.15) is 5.56 Å². The van der Waals surface area contributed by atoms with Gasteiger partial charge < -0.3 is 0 Å². The second kappa shape index (κ2) is 3.86. The number of thiazole rings is 1. The molecule has 0 atom stereocenters. The molecule has 0 saturated heterocycles. The molecule has 0 radical (unpaired) electrons. The Bertz CT molecular complexity index is 974. The molecule has 0 saturated carbocycles. The predicted molar refractivity (Wildman–Crippen MR) is 74.2 cm³/mol. The van der Waals surface area contributed by atoms with E-state index in [4.69, 9.17) is 11.6 Å². The van der Waals surface area contributed by atoms with Crippen molar-refractivity contribution in [3.8, 4) is 16.9 Å². The van der Waals surface area contributed by atoms with Crippen LogP contribution in [0.25, 0.3) is 27.2 Å². The molecule has 106 valence electrons. The normalized spacial score (nSPS) is 13.0. The molecule has 8 heteroatoms. The Hall–Kier alpha value is -1.86. The largest absolute Gasteiger partial charge is 0.417 e. The van der Waals surface area contributed by atoms with Gasteiger partial charge in [-0.3, -0.25) is 4.79 Å². The Morgan fingerprint density at radius 3 is 2.67 bits per heavy atom. The summed E-state index contributed by atoms with van der Waals surface area (Å²) in [6, 6.07) is 4.54. The van der Waals surface area contributed by atoms with Crippen molar-refractivity contribution in [1.29, 1.82) is 0 Å². The lowest BCUT2D eigenvalue weighted by Gasteiger charge is -2.09. The average molecular weight is 329 g/mol. The van der Waals surface area contributed by atoms with Crippen molar-refractivity contribution in [3.63, 3.8) is 0 Å². The first-order valence-corrected chi connectivity index (χ1v) is 6.99. The lowest BCUT2D eigenvalue weighted by molar-refractivity contribution is -0.137. The summed E-state index contributed by atoms with van der Waals surface area (Å²) in [6.07, 6.45) is -3.84. The number of hydrogen-bond donors (Lipinski definition) is 0. The molecule has 0 aromatic carbocycles. The third-order valence-corrected chi connectivity index (χ3v) is 4.43. The van der Waals surface area contributed by atoms with E-state index in [-0.39, 0.29) is 15.7 Å². The number of benzene rings is 1. The summed E-state index contributed by atoms with van der Waals surface area (Å²) in [4.78, 5) is 15.5. The number of hydrogen-bond acceptors (Lipinski definition) is 3. The van der Waals surface area contributed by atoms with Crippen LogP contribution >= 0.6 is 22.9 Å². The molecule has 2 aliphatic rings. The molecule has 2 heterocycles. The highest BCUT2D eigenvalue weighted by Gasteiger charge is 2.32. The minimum Gasteiger partial charge on any atom is -0.256 e. The summed E-state index contributed by atoms with van der Waals surface area (Å²) in [5.41, 5.74) is 1.67. The minimum atomic E-state index is -4.52. The fourth-order valence-electron chi connectivity index (χ4n) is 2.27. The summed E-state index contributed by atoms with van der Waals surface area (Å²) in [5, 5.41) is -0.206. The zero-order chi connectivity index (χ0) is 14.9. The molecular formula is C13H4ClF3N2OS. The topological polar surface area (TPSA) is 34.9 Å². The maximum Gasteiger partial charge on any atom is 0.417 e. The maximum absolute atomic E-state index is 12.6. The van der Waals surface area contributed by atoms with Gasteiger partial charge >= 0.3 is 11.0 Å². The number of rotatable bonds is 1. The molecule has 2 aromatic heterocycles. The van der Waals surface area contributed by atoms with Crippen LogP contribution in [-0.4, -0.2) is 9.55 Å². The molecule has 0 unspecified atom stereocenters. The van der Waals surface area contributed by atoms with Gasteiger partial charge in [-0.05, 0) is 23.8 Å². The Morgan fingerprint density at radius 2 is 2.00 bits per heavy atom. The van der Waals surface area contributed by atoms with E-state index in [0.29, 0.717) is 11.7 Å². The Morgan fingerprint density at radius 1 is 1.24 bits per heavy atom. The molecule has 0 spiro atoms. The maximum atomic E-state index is 12.6. The van der Waals surface area contributed by atoms with Crippen molar-refractivity contribution in [2.24, 2.45) is 0 Å². The molecule has 0 aliphatic heterocycles. The van der Waals surface area contributed by atoms with Crippen LogP contribution in [-0.2, 0) is 6.18 Å². The van der Waals surface area contributed by atoms with Gasteiger partial charge in [-0.15, -0.1) is 0 Å². The first-order valence-electron chi connectivity index (χ1n) is 5.79. The van der Waals surface area contributed by atoms with E-state index in [0.717, 1.165) is 33.2 Å². The molecule has 0 fully saturated rings. The van der Waals surface area contributed by atoms with E-state index in [1.54, 1.807) is 0 Å². The molecule has 0 bridgehead atoms. The predicted octanol–water partition coefficient (Wildman–Crippen LogP) is 4.10. The monoisotopic (exact) mass is 328 g/mol.